The normalized spacial score (nSPS) is 23.6. The van der Waals surface area contributed by atoms with Gasteiger partial charge in [-0.05, 0) is 75.9 Å². The molecule has 1 N–H and O–H groups in total. The van der Waals surface area contributed by atoms with Crippen LogP contribution >= 0.6 is 0 Å². The number of hydrogen-bond donors (Lipinski definition) is 1. The second-order valence-electron chi connectivity index (χ2n) is 11.7. The van der Waals surface area contributed by atoms with E-state index in [1.54, 1.807) is 0 Å². The Morgan fingerprint density at radius 3 is 2.16 bits per heavy atom. The van der Waals surface area contributed by atoms with Crippen LogP contribution in [0.1, 0.15) is 61.9 Å². The monoisotopic (exact) mass is 506 g/mol. The van der Waals surface area contributed by atoms with Crippen molar-refractivity contribution in [1.29, 1.82) is 0 Å². The van der Waals surface area contributed by atoms with Gasteiger partial charge >= 0.3 is 0 Å². The number of rotatable bonds is 6. The number of fused-ring (bicyclic) bond motifs is 1. The first-order valence-corrected chi connectivity index (χ1v) is 14.5. The van der Waals surface area contributed by atoms with Crippen molar-refractivity contribution in [2.75, 3.05) is 70.5 Å². The Labute approximate surface area is 220 Å². The number of carbonyl (C=O) groups is 1. The Kier molecular flexibility index (Phi) is 7.58. The Balaban J connectivity index is 0.961. The molecule has 4 aliphatic rings. The molecule has 4 saturated heterocycles. The van der Waals surface area contributed by atoms with E-state index in [0.717, 1.165) is 82.2 Å². The minimum absolute atomic E-state index is 0.0702. The molecule has 0 aliphatic carbocycles. The molecule has 0 aromatic carbocycles. The predicted octanol–water partition coefficient (Wildman–Crippen LogP) is 3.32. The molecule has 0 saturated carbocycles. The lowest BCUT2D eigenvalue weighted by Gasteiger charge is -2.47. The van der Waals surface area contributed by atoms with Crippen molar-refractivity contribution in [2.45, 2.75) is 57.4 Å². The number of nitrogens with one attached hydrogen (secondary N) is 1. The van der Waals surface area contributed by atoms with Crippen LogP contribution in [-0.2, 0) is 4.74 Å². The van der Waals surface area contributed by atoms with Crippen LogP contribution in [0.15, 0.2) is 24.3 Å². The Morgan fingerprint density at radius 1 is 0.838 bits per heavy atom. The van der Waals surface area contributed by atoms with Crippen molar-refractivity contribution < 1.29 is 9.53 Å². The third kappa shape index (κ3) is 5.91. The highest BCUT2D eigenvalue weighted by molar-refractivity contribution is 5.94. The third-order valence-corrected chi connectivity index (χ3v) is 9.08. The summed E-state index contributed by atoms with van der Waals surface area (Å²) < 4.78 is 5.45. The van der Waals surface area contributed by atoms with Crippen LogP contribution in [0.2, 0.25) is 0 Å². The summed E-state index contributed by atoms with van der Waals surface area (Å²) in [6.07, 6.45) is 9.65. The highest BCUT2D eigenvalue weighted by Crippen LogP contribution is 2.38. The first-order valence-electron chi connectivity index (χ1n) is 14.5. The molecule has 1 amide bonds. The molecule has 0 unspecified atom stereocenters. The summed E-state index contributed by atoms with van der Waals surface area (Å²) in [5.74, 6) is 0.955. The summed E-state index contributed by atoms with van der Waals surface area (Å²) in [5, 5.41) is 3.24. The molecule has 0 bridgehead atoms. The maximum Gasteiger partial charge on any atom is 0.270 e. The van der Waals surface area contributed by atoms with E-state index in [-0.39, 0.29) is 11.9 Å². The van der Waals surface area contributed by atoms with Gasteiger partial charge in [0.25, 0.3) is 5.91 Å². The van der Waals surface area contributed by atoms with Gasteiger partial charge in [0.15, 0.2) is 0 Å². The van der Waals surface area contributed by atoms with E-state index in [0.29, 0.717) is 11.1 Å². The molecule has 1 spiro atoms. The molecule has 8 nitrogen and oxygen atoms in total. The summed E-state index contributed by atoms with van der Waals surface area (Å²) in [5.41, 5.74) is 2.64. The number of hydrogen-bond acceptors (Lipinski definition) is 7. The zero-order chi connectivity index (χ0) is 25.1. The van der Waals surface area contributed by atoms with Crippen LogP contribution in [0.5, 0.6) is 0 Å². The lowest BCUT2D eigenvalue weighted by atomic mass is 9.77. The van der Waals surface area contributed by atoms with Gasteiger partial charge in [-0.15, -0.1) is 0 Å². The molecular weight excluding hydrogens is 464 g/mol. The number of pyridine rings is 2. The highest BCUT2D eigenvalue weighted by Gasteiger charge is 2.41. The van der Waals surface area contributed by atoms with Crippen molar-refractivity contribution in [3.8, 4) is 0 Å². The lowest BCUT2D eigenvalue weighted by Crippen LogP contribution is -2.52. The average molecular weight is 507 g/mol. The number of ether oxygens (including phenoxy) is 1. The van der Waals surface area contributed by atoms with Crippen molar-refractivity contribution in [3.63, 3.8) is 0 Å². The standard InChI is InChI=1S/C29H42N6O2/c36-28(26-6-5-25-24(31-26)7-8-27(32-25)35-13-3-1-2-4-14-35)30-23-9-15-33(16-10-23)19-20-34-17-11-29(12-18-34)21-37-22-29/h5-8,23H,1-4,9-22H2,(H,30,36). The van der Waals surface area contributed by atoms with Crippen LogP contribution in [0.4, 0.5) is 5.82 Å². The fourth-order valence-electron chi connectivity index (χ4n) is 6.37. The molecule has 0 radical (unpaired) electrons. The Hall–Kier alpha value is -2.29. The largest absolute Gasteiger partial charge is 0.380 e. The predicted molar refractivity (Wildman–Crippen MR) is 146 cm³/mol. The molecule has 2 aromatic heterocycles. The smallest absolute Gasteiger partial charge is 0.270 e. The molecule has 6 heterocycles. The van der Waals surface area contributed by atoms with Crippen molar-refractivity contribution in [2.24, 2.45) is 5.41 Å². The molecule has 37 heavy (non-hydrogen) atoms. The van der Waals surface area contributed by atoms with Gasteiger partial charge in [0, 0.05) is 50.7 Å². The minimum Gasteiger partial charge on any atom is -0.380 e. The summed E-state index contributed by atoms with van der Waals surface area (Å²) in [7, 11) is 0. The fraction of sp³-hybridized carbons (Fsp3) is 0.690. The molecule has 2 aromatic rings. The van der Waals surface area contributed by atoms with Crippen LogP contribution in [0.25, 0.3) is 11.0 Å². The number of amides is 1. The number of likely N-dealkylation sites (tertiary alicyclic amines) is 2. The molecule has 200 valence electrons. The van der Waals surface area contributed by atoms with Gasteiger partial charge in [0.05, 0.1) is 24.2 Å². The van der Waals surface area contributed by atoms with E-state index in [1.165, 1.54) is 51.6 Å². The summed E-state index contributed by atoms with van der Waals surface area (Å²) >= 11 is 0. The Morgan fingerprint density at radius 2 is 1.49 bits per heavy atom. The molecule has 6 rings (SSSR count). The first kappa shape index (κ1) is 25.0. The van der Waals surface area contributed by atoms with Crippen LogP contribution in [0.3, 0.4) is 0 Å². The first-order chi connectivity index (χ1) is 18.2. The maximum absolute atomic E-state index is 13.0. The van der Waals surface area contributed by atoms with Gasteiger partial charge in [-0.25, -0.2) is 9.97 Å². The van der Waals surface area contributed by atoms with Crippen LogP contribution < -0.4 is 10.2 Å². The molecule has 0 atom stereocenters. The third-order valence-electron chi connectivity index (χ3n) is 9.08. The zero-order valence-corrected chi connectivity index (χ0v) is 22.2. The molecule has 8 heteroatoms. The summed E-state index contributed by atoms with van der Waals surface area (Å²) in [4.78, 5) is 30.0. The number of piperidine rings is 2. The number of anilines is 1. The number of aromatic nitrogens is 2. The topological polar surface area (TPSA) is 73.8 Å². The summed E-state index contributed by atoms with van der Waals surface area (Å²) in [6.45, 7) is 10.9. The van der Waals surface area contributed by atoms with Gasteiger partial charge in [0.2, 0.25) is 0 Å². The van der Waals surface area contributed by atoms with E-state index < -0.39 is 0 Å². The van der Waals surface area contributed by atoms with Crippen molar-refractivity contribution in [3.05, 3.63) is 30.0 Å². The van der Waals surface area contributed by atoms with Gasteiger partial charge in [-0.1, -0.05) is 12.8 Å². The van der Waals surface area contributed by atoms with Gasteiger partial charge in [-0.2, -0.15) is 0 Å². The molecule has 4 aliphatic heterocycles. The van der Waals surface area contributed by atoms with E-state index in [1.807, 2.05) is 18.2 Å². The quantitative estimate of drug-likeness (QED) is 0.644. The van der Waals surface area contributed by atoms with E-state index in [2.05, 4.69) is 31.1 Å². The van der Waals surface area contributed by atoms with Crippen LogP contribution in [0, 0.1) is 5.41 Å². The maximum atomic E-state index is 13.0. The summed E-state index contributed by atoms with van der Waals surface area (Å²) in [6, 6.07) is 8.06. The highest BCUT2D eigenvalue weighted by atomic mass is 16.5. The van der Waals surface area contributed by atoms with Gasteiger partial charge in [0.1, 0.15) is 11.5 Å². The van der Waals surface area contributed by atoms with Gasteiger partial charge < -0.3 is 24.8 Å². The molecular formula is C29H42N6O2. The van der Waals surface area contributed by atoms with Crippen molar-refractivity contribution in [1.82, 2.24) is 25.1 Å². The second kappa shape index (κ2) is 11.2. The average Bonchev–Trinajstić information content (AvgIpc) is 3.21. The minimum atomic E-state index is -0.0702. The molecule has 4 fully saturated rings. The lowest BCUT2D eigenvalue weighted by molar-refractivity contribution is -0.139. The van der Waals surface area contributed by atoms with Crippen molar-refractivity contribution >= 4 is 22.8 Å². The second-order valence-corrected chi connectivity index (χ2v) is 11.7. The number of nitrogens with zero attached hydrogens (tertiary/aromatic N) is 5. The van der Waals surface area contributed by atoms with Crippen LogP contribution in [-0.4, -0.2) is 97.3 Å². The zero-order valence-electron chi connectivity index (χ0n) is 22.2. The Bertz CT molecular complexity index is 1060. The SMILES string of the molecule is O=C(NC1CCN(CCN2CCC3(CC2)COC3)CC1)c1ccc2nc(N3CCCCCC3)ccc2n1. The van der Waals surface area contributed by atoms with E-state index in [4.69, 9.17) is 9.72 Å². The van der Waals surface area contributed by atoms with E-state index >= 15 is 0 Å². The van der Waals surface area contributed by atoms with Gasteiger partial charge in [-0.3, -0.25) is 4.79 Å². The number of carbonyl (C=O) groups excluding carboxylic acids is 1. The van der Waals surface area contributed by atoms with E-state index in [9.17, 15) is 4.79 Å². The fourth-order valence-corrected chi connectivity index (χ4v) is 6.37.